The second-order valence-electron chi connectivity index (χ2n) is 6.81. The molecule has 0 aliphatic carbocycles. The van der Waals surface area contributed by atoms with Crippen LogP contribution in [0, 0.1) is 5.92 Å². The molecule has 1 atom stereocenters. The molecule has 0 aromatic carbocycles. The molecule has 5 heteroatoms. The number of aromatic nitrogens is 1. The van der Waals surface area contributed by atoms with Crippen molar-refractivity contribution in [3.05, 3.63) is 30.1 Å². The van der Waals surface area contributed by atoms with Gasteiger partial charge < -0.3 is 9.64 Å². The molecule has 4 nitrogen and oxygen atoms in total. The molecular formula is C17H26N2O2S. The van der Waals surface area contributed by atoms with Crippen molar-refractivity contribution in [2.24, 2.45) is 5.92 Å². The maximum atomic E-state index is 12.1. The Morgan fingerprint density at radius 2 is 2.14 bits per heavy atom. The number of piperidine rings is 1. The lowest BCUT2D eigenvalue weighted by Crippen LogP contribution is -2.43. The summed E-state index contributed by atoms with van der Waals surface area (Å²) in [6.45, 7) is 7.38. The van der Waals surface area contributed by atoms with E-state index in [4.69, 9.17) is 4.74 Å². The second kappa shape index (κ2) is 7.86. The number of carbonyl (C=O) groups excluding carboxylic acids is 1. The summed E-state index contributed by atoms with van der Waals surface area (Å²) in [7, 11) is 0. The van der Waals surface area contributed by atoms with E-state index in [1.54, 1.807) is 0 Å². The highest BCUT2D eigenvalue weighted by Gasteiger charge is 2.27. The van der Waals surface area contributed by atoms with Gasteiger partial charge in [-0.25, -0.2) is 4.79 Å². The van der Waals surface area contributed by atoms with Crippen LogP contribution in [0.15, 0.2) is 24.5 Å². The molecule has 2 heterocycles. The van der Waals surface area contributed by atoms with Crippen LogP contribution in [0.4, 0.5) is 4.79 Å². The van der Waals surface area contributed by atoms with Crippen LogP contribution in [-0.4, -0.2) is 40.4 Å². The molecule has 1 amide bonds. The highest BCUT2D eigenvalue weighted by Crippen LogP contribution is 2.24. The van der Waals surface area contributed by atoms with Crippen molar-refractivity contribution in [1.29, 1.82) is 0 Å². The Morgan fingerprint density at radius 1 is 1.41 bits per heavy atom. The molecule has 0 bridgehead atoms. The van der Waals surface area contributed by atoms with Gasteiger partial charge in [-0.1, -0.05) is 0 Å². The number of amides is 1. The molecule has 1 aromatic heterocycles. The van der Waals surface area contributed by atoms with E-state index < -0.39 is 5.60 Å². The molecule has 0 radical (unpaired) electrons. The third-order valence-electron chi connectivity index (χ3n) is 3.54. The Labute approximate surface area is 137 Å². The molecule has 0 spiro atoms. The zero-order valence-electron chi connectivity index (χ0n) is 13.7. The number of rotatable bonds is 4. The van der Waals surface area contributed by atoms with E-state index in [0.29, 0.717) is 5.92 Å². The zero-order valence-corrected chi connectivity index (χ0v) is 14.6. The normalized spacial score (nSPS) is 19.0. The largest absolute Gasteiger partial charge is 0.444 e. The number of hydrogen-bond acceptors (Lipinski definition) is 4. The third-order valence-corrected chi connectivity index (χ3v) is 4.79. The van der Waals surface area contributed by atoms with Crippen molar-refractivity contribution in [2.45, 2.75) is 45.0 Å². The number of thioether (sulfide) groups is 1. The summed E-state index contributed by atoms with van der Waals surface area (Å²) in [5, 5.41) is 0. The average molecular weight is 322 g/mol. The predicted molar refractivity (Wildman–Crippen MR) is 90.9 cm³/mol. The topological polar surface area (TPSA) is 42.4 Å². The Bertz CT molecular complexity index is 473. The van der Waals surface area contributed by atoms with Crippen molar-refractivity contribution in [3.8, 4) is 0 Å². The summed E-state index contributed by atoms with van der Waals surface area (Å²) in [6, 6.07) is 4.11. The van der Waals surface area contributed by atoms with Crippen LogP contribution in [0.1, 0.15) is 39.2 Å². The van der Waals surface area contributed by atoms with Gasteiger partial charge >= 0.3 is 6.09 Å². The van der Waals surface area contributed by atoms with Gasteiger partial charge in [-0.05, 0) is 63.0 Å². The predicted octanol–water partition coefficient (Wildman–Crippen LogP) is 3.96. The number of nitrogens with zero attached hydrogens (tertiary/aromatic N) is 2. The van der Waals surface area contributed by atoms with E-state index >= 15 is 0 Å². The Hall–Kier alpha value is -1.23. The maximum absolute atomic E-state index is 12.1. The van der Waals surface area contributed by atoms with Crippen molar-refractivity contribution in [2.75, 3.05) is 18.8 Å². The molecule has 0 saturated carbocycles. The minimum atomic E-state index is -0.417. The van der Waals surface area contributed by atoms with Gasteiger partial charge in [0.2, 0.25) is 0 Å². The van der Waals surface area contributed by atoms with Gasteiger partial charge in [0.15, 0.2) is 0 Å². The van der Waals surface area contributed by atoms with Gasteiger partial charge in [-0.15, -0.1) is 0 Å². The summed E-state index contributed by atoms with van der Waals surface area (Å²) >= 11 is 1.93. The quantitative estimate of drug-likeness (QED) is 0.841. The molecule has 1 aliphatic heterocycles. The van der Waals surface area contributed by atoms with Gasteiger partial charge in [-0.3, -0.25) is 4.98 Å². The van der Waals surface area contributed by atoms with Crippen molar-refractivity contribution in [3.63, 3.8) is 0 Å². The summed E-state index contributed by atoms with van der Waals surface area (Å²) in [5.41, 5.74) is 0.889. The van der Waals surface area contributed by atoms with Crippen LogP contribution in [0.3, 0.4) is 0 Å². The Morgan fingerprint density at radius 3 is 2.82 bits per heavy atom. The van der Waals surface area contributed by atoms with Gasteiger partial charge in [0.05, 0.1) is 0 Å². The molecule has 1 aliphatic rings. The van der Waals surface area contributed by atoms with E-state index in [1.807, 2.05) is 49.8 Å². The molecule has 2 rings (SSSR count). The van der Waals surface area contributed by atoms with Gasteiger partial charge in [-0.2, -0.15) is 11.8 Å². The number of carbonyl (C=O) groups is 1. The second-order valence-corrected chi connectivity index (χ2v) is 7.84. The maximum Gasteiger partial charge on any atom is 0.410 e. The number of hydrogen-bond donors (Lipinski definition) is 0. The van der Waals surface area contributed by atoms with Crippen molar-refractivity contribution < 1.29 is 9.53 Å². The average Bonchev–Trinajstić information content (AvgIpc) is 2.47. The van der Waals surface area contributed by atoms with Gasteiger partial charge in [0.25, 0.3) is 0 Å². The lowest BCUT2D eigenvalue weighted by molar-refractivity contribution is 0.0177. The lowest BCUT2D eigenvalue weighted by Gasteiger charge is -2.34. The fourth-order valence-corrected chi connectivity index (χ4v) is 3.67. The lowest BCUT2D eigenvalue weighted by atomic mass is 10.0. The zero-order chi connectivity index (χ0) is 16.0. The molecular weight excluding hydrogens is 296 g/mol. The van der Waals surface area contributed by atoms with Crippen LogP contribution in [0.2, 0.25) is 0 Å². The van der Waals surface area contributed by atoms with Crippen LogP contribution in [-0.2, 0) is 10.5 Å². The van der Waals surface area contributed by atoms with Gasteiger partial charge in [0.1, 0.15) is 5.60 Å². The molecule has 0 N–H and O–H groups in total. The molecule has 1 saturated heterocycles. The smallest absolute Gasteiger partial charge is 0.410 e. The van der Waals surface area contributed by atoms with Crippen LogP contribution >= 0.6 is 11.8 Å². The highest BCUT2D eigenvalue weighted by atomic mass is 32.2. The minimum absolute atomic E-state index is 0.170. The van der Waals surface area contributed by atoms with E-state index in [1.165, 1.54) is 12.0 Å². The highest BCUT2D eigenvalue weighted by molar-refractivity contribution is 7.98. The first-order valence-corrected chi connectivity index (χ1v) is 9.04. The molecule has 22 heavy (non-hydrogen) atoms. The standard InChI is InChI=1S/C17H26N2O2S/c1-17(2,3)21-16(20)19-10-4-5-15(11-19)13-22-12-14-6-8-18-9-7-14/h6-9,15H,4-5,10-13H2,1-3H3/t15-/m0/s1. The van der Waals surface area contributed by atoms with Crippen molar-refractivity contribution in [1.82, 2.24) is 9.88 Å². The molecule has 1 aromatic rings. The number of likely N-dealkylation sites (tertiary alicyclic amines) is 1. The molecule has 0 unspecified atom stereocenters. The fourth-order valence-electron chi connectivity index (χ4n) is 2.52. The Balaban J connectivity index is 1.75. The van der Waals surface area contributed by atoms with Crippen LogP contribution < -0.4 is 0 Å². The first kappa shape index (κ1) is 17.1. The van der Waals surface area contributed by atoms with E-state index in [-0.39, 0.29) is 6.09 Å². The molecule has 1 fully saturated rings. The minimum Gasteiger partial charge on any atom is -0.444 e. The van der Waals surface area contributed by atoms with Crippen LogP contribution in [0.25, 0.3) is 0 Å². The fraction of sp³-hybridized carbons (Fsp3) is 0.647. The van der Waals surface area contributed by atoms with E-state index in [9.17, 15) is 4.79 Å². The van der Waals surface area contributed by atoms with Crippen LogP contribution in [0.5, 0.6) is 0 Å². The van der Waals surface area contributed by atoms with Crippen molar-refractivity contribution >= 4 is 17.9 Å². The Kier molecular flexibility index (Phi) is 6.12. The summed E-state index contributed by atoms with van der Waals surface area (Å²) in [5.74, 6) is 2.65. The first-order valence-electron chi connectivity index (χ1n) is 7.88. The number of ether oxygens (including phenoxy) is 1. The molecule has 122 valence electrons. The van der Waals surface area contributed by atoms with E-state index in [0.717, 1.165) is 31.0 Å². The summed E-state index contributed by atoms with van der Waals surface area (Å²) in [6.07, 6.45) is 5.76. The summed E-state index contributed by atoms with van der Waals surface area (Å²) in [4.78, 5) is 18.0. The number of pyridine rings is 1. The van der Waals surface area contributed by atoms with Gasteiger partial charge in [0, 0.05) is 31.2 Å². The SMILES string of the molecule is CC(C)(C)OC(=O)N1CCC[C@H](CSCc2ccncc2)C1. The first-order chi connectivity index (χ1) is 10.4. The third kappa shape index (κ3) is 5.87. The monoisotopic (exact) mass is 322 g/mol. The summed E-state index contributed by atoms with van der Waals surface area (Å²) < 4.78 is 5.47. The van der Waals surface area contributed by atoms with E-state index in [2.05, 4.69) is 17.1 Å².